The Kier molecular flexibility index (Phi) is 3.22. The van der Waals surface area contributed by atoms with Crippen molar-refractivity contribution >= 4 is 5.97 Å². The van der Waals surface area contributed by atoms with E-state index in [4.69, 9.17) is 5.11 Å². The van der Waals surface area contributed by atoms with E-state index < -0.39 is 23.6 Å². The van der Waals surface area contributed by atoms with E-state index in [9.17, 15) is 18.0 Å². The molecule has 0 aliphatic carbocycles. The average Bonchev–Trinajstić information content (AvgIpc) is 2.63. The van der Waals surface area contributed by atoms with E-state index in [1.54, 1.807) is 0 Å². The first kappa shape index (κ1) is 13.5. The molecule has 0 bridgehead atoms. The molecule has 0 spiro atoms. The van der Waals surface area contributed by atoms with Gasteiger partial charge in [-0.15, -0.1) is 0 Å². The third-order valence-corrected chi connectivity index (χ3v) is 2.69. The molecular formula is C10H13F3N2O2. The van der Waals surface area contributed by atoms with E-state index in [2.05, 4.69) is 5.10 Å². The number of aliphatic carboxylic acids is 1. The van der Waals surface area contributed by atoms with Crippen molar-refractivity contribution in [2.75, 3.05) is 0 Å². The minimum absolute atomic E-state index is 0.0492. The first-order valence-corrected chi connectivity index (χ1v) is 4.92. The molecule has 17 heavy (non-hydrogen) atoms. The largest absolute Gasteiger partial charge is 0.479 e. The molecule has 0 saturated heterocycles. The van der Waals surface area contributed by atoms with Crippen LogP contribution < -0.4 is 0 Å². The molecule has 0 amide bonds. The topological polar surface area (TPSA) is 55.1 Å². The molecule has 0 saturated carbocycles. The van der Waals surface area contributed by atoms with Gasteiger partial charge < -0.3 is 5.11 Å². The summed E-state index contributed by atoms with van der Waals surface area (Å²) in [6.45, 7) is 3.74. The van der Waals surface area contributed by atoms with Gasteiger partial charge in [-0.05, 0) is 20.8 Å². The number of carboxylic acid groups (broad SMARTS) is 1. The molecule has 1 atom stereocenters. The van der Waals surface area contributed by atoms with Gasteiger partial charge in [0.25, 0.3) is 0 Å². The summed E-state index contributed by atoms with van der Waals surface area (Å²) in [7, 11) is 0. The van der Waals surface area contributed by atoms with E-state index in [1.165, 1.54) is 13.8 Å². The number of carbonyl (C=O) groups is 1. The summed E-state index contributed by atoms with van der Waals surface area (Å²) in [5.74, 6) is -2.83. The second-order valence-electron chi connectivity index (χ2n) is 4.35. The molecule has 0 aromatic carbocycles. The molecule has 0 aliphatic heterocycles. The van der Waals surface area contributed by atoms with Crippen molar-refractivity contribution in [3.8, 4) is 0 Å². The molecule has 1 aromatic rings. The van der Waals surface area contributed by atoms with Crippen molar-refractivity contribution in [3.63, 3.8) is 0 Å². The van der Waals surface area contributed by atoms with Crippen LogP contribution in [0.15, 0.2) is 12.4 Å². The normalized spacial score (nSPS) is 14.7. The highest BCUT2D eigenvalue weighted by Gasteiger charge is 2.39. The fourth-order valence-electron chi connectivity index (χ4n) is 1.15. The number of aromatic nitrogens is 2. The standard InChI is InChI=1S/C10H13F3N2O2/c1-6(10(11,12)13)7-4-14-15(5-7)9(2,3)8(16)17/h4-6H,1-3H3,(H,16,17). The fraction of sp³-hybridized carbons (Fsp3) is 0.600. The van der Waals surface area contributed by atoms with E-state index in [-0.39, 0.29) is 5.56 Å². The Morgan fingerprint density at radius 2 is 2.00 bits per heavy atom. The molecule has 1 aromatic heterocycles. The molecule has 1 unspecified atom stereocenters. The van der Waals surface area contributed by atoms with Gasteiger partial charge in [-0.25, -0.2) is 4.79 Å². The van der Waals surface area contributed by atoms with E-state index >= 15 is 0 Å². The Balaban J connectivity index is 3.05. The molecular weight excluding hydrogens is 237 g/mol. The SMILES string of the molecule is CC(c1cnn(C(C)(C)C(=O)O)c1)C(F)(F)F. The number of hydrogen-bond donors (Lipinski definition) is 1. The quantitative estimate of drug-likeness (QED) is 0.896. The maximum Gasteiger partial charge on any atom is 0.395 e. The van der Waals surface area contributed by atoms with Gasteiger partial charge in [0.05, 0.1) is 12.1 Å². The number of alkyl halides is 3. The smallest absolute Gasteiger partial charge is 0.395 e. The zero-order chi connectivity index (χ0) is 13.4. The second-order valence-corrected chi connectivity index (χ2v) is 4.35. The van der Waals surface area contributed by atoms with Crippen LogP contribution in [0, 0.1) is 0 Å². The van der Waals surface area contributed by atoms with Gasteiger partial charge in [0.15, 0.2) is 5.54 Å². The second kappa shape index (κ2) is 4.05. The van der Waals surface area contributed by atoms with Gasteiger partial charge >= 0.3 is 12.1 Å². The Morgan fingerprint density at radius 3 is 2.41 bits per heavy atom. The summed E-state index contributed by atoms with van der Waals surface area (Å²) >= 11 is 0. The van der Waals surface area contributed by atoms with Crippen LogP contribution in [0.2, 0.25) is 0 Å². The maximum absolute atomic E-state index is 12.4. The summed E-state index contributed by atoms with van der Waals surface area (Å²) in [5, 5.41) is 12.6. The van der Waals surface area contributed by atoms with Crippen LogP contribution in [0.3, 0.4) is 0 Å². The van der Waals surface area contributed by atoms with Gasteiger partial charge in [0.1, 0.15) is 0 Å². The van der Waals surface area contributed by atoms with Crippen LogP contribution in [-0.4, -0.2) is 27.0 Å². The summed E-state index contributed by atoms with van der Waals surface area (Å²) < 4.78 is 38.4. The Morgan fingerprint density at radius 1 is 1.47 bits per heavy atom. The van der Waals surface area contributed by atoms with E-state index in [1.807, 2.05) is 0 Å². The Labute approximate surface area is 96.0 Å². The molecule has 0 fully saturated rings. The van der Waals surface area contributed by atoms with Gasteiger partial charge in [0, 0.05) is 11.8 Å². The van der Waals surface area contributed by atoms with Crippen LogP contribution in [0.5, 0.6) is 0 Å². The van der Waals surface area contributed by atoms with Gasteiger partial charge in [0.2, 0.25) is 0 Å². The summed E-state index contributed by atoms with van der Waals surface area (Å²) in [6, 6.07) is 0. The summed E-state index contributed by atoms with van der Waals surface area (Å²) in [4.78, 5) is 10.9. The number of nitrogens with zero attached hydrogens (tertiary/aromatic N) is 2. The molecule has 96 valence electrons. The monoisotopic (exact) mass is 250 g/mol. The molecule has 1 N–H and O–H groups in total. The van der Waals surface area contributed by atoms with Crippen molar-refractivity contribution in [3.05, 3.63) is 18.0 Å². The van der Waals surface area contributed by atoms with Crippen LogP contribution in [0.25, 0.3) is 0 Å². The van der Waals surface area contributed by atoms with Crippen molar-refractivity contribution < 1.29 is 23.1 Å². The van der Waals surface area contributed by atoms with Gasteiger partial charge in [-0.2, -0.15) is 18.3 Å². The van der Waals surface area contributed by atoms with E-state index in [0.29, 0.717) is 0 Å². The molecule has 1 rings (SSSR count). The molecule has 7 heteroatoms. The third kappa shape index (κ3) is 2.59. The van der Waals surface area contributed by atoms with Crippen molar-refractivity contribution in [2.24, 2.45) is 0 Å². The number of halogens is 3. The first-order chi connectivity index (χ1) is 7.56. The molecule has 0 radical (unpaired) electrons. The summed E-state index contributed by atoms with van der Waals surface area (Å²) in [6.07, 6.45) is -2.20. The number of carboxylic acids is 1. The lowest BCUT2D eigenvalue weighted by Gasteiger charge is -2.20. The third-order valence-electron chi connectivity index (χ3n) is 2.69. The average molecular weight is 250 g/mol. The number of rotatable bonds is 3. The lowest BCUT2D eigenvalue weighted by atomic mass is 10.0. The zero-order valence-electron chi connectivity index (χ0n) is 9.62. The highest BCUT2D eigenvalue weighted by Crippen LogP contribution is 2.34. The lowest BCUT2D eigenvalue weighted by molar-refractivity contribution is -0.146. The van der Waals surface area contributed by atoms with Crippen LogP contribution in [0.4, 0.5) is 13.2 Å². The fourth-order valence-corrected chi connectivity index (χ4v) is 1.15. The van der Waals surface area contributed by atoms with Crippen molar-refractivity contribution in [2.45, 2.75) is 38.4 Å². The van der Waals surface area contributed by atoms with Crippen LogP contribution in [0.1, 0.15) is 32.3 Å². The van der Waals surface area contributed by atoms with Crippen molar-refractivity contribution in [1.82, 2.24) is 9.78 Å². The zero-order valence-corrected chi connectivity index (χ0v) is 9.62. The minimum atomic E-state index is -4.36. The van der Waals surface area contributed by atoms with Gasteiger partial charge in [-0.1, -0.05) is 0 Å². The minimum Gasteiger partial charge on any atom is -0.479 e. The van der Waals surface area contributed by atoms with Crippen LogP contribution in [-0.2, 0) is 10.3 Å². The predicted octanol–water partition coefficient (Wildman–Crippen LogP) is 2.37. The summed E-state index contributed by atoms with van der Waals surface area (Å²) in [5.41, 5.74) is -1.42. The maximum atomic E-state index is 12.4. The molecule has 1 heterocycles. The number of hydrogen-bond acceptors (Lipinski definition) is 2. The van der Waals surface area contributed by atoms with E-state index in [0.717, 1.165) is 24.0 Å². The Bertz CT molecular complexity index is 423. The van der Waals surface area contributed by atoms with Crippen molar-refractivity contribution in [1.29, 1.82) is 0 Å². The highest BCUT2D eigenvalue weighted by molar-refractivity contribution is 5.75. The lowest BCUT2D eigenvalue weighted by Crippen LogP contribution is -2.36. The predicted molar refractivity (Wildman–Crippen MR) is 53.7 cm³/mol. The van der Waals surface area contributed by atoms with Gasteiger partial charge in [-0.3, -0.25) is 4.68 Å². The molecule has 4 nitrogen and oxygen atoms in total. The van der Waals surface area contributed by atoms with Crippen LogP contribution >= 0.6 is 0 Å². The Hall–Kier alpha value is -1.53. The molecule has 0 aliphatic rings. The highest BCUT2D eigenvalue weighted by atomic mass is 19.4. The first-order valence-electron chi connectivity index (χ1n) is 4.92.